The van der Waals surface area contributed by atoms with Gasteiger partial charge in [-0.25, -0.2) is 8.42 Å². The van der Waals surface area contributed by atoms with Gasteiger partial charge in [-0.05, 0) is 43.3 Å². The molecule has 0 spiro atoms. The summed E-state index contributed by atoms with van der Waals surface area (Å²) in [6, 6.07) is 10.7. The van der Waals surface area contributed by atoms with Gasteiger partial charge in [-0.2, -0.15) is 0 Å². The Bertz CT molecular complexity index is 935. The van der Waals surface area contributed by atoms with Gasteiger partial charge < -0.3 is 14.8 Å². The normalized spacial score (nSPS) is 10.9. The highest BCUT2D eigenvalue weighted by molar-refractivity contribution is 7.91. The quantitative estimate of drug-likeness (QED) is 0.695. The van der Waals surface area contributed by atoms with Crippen LogP contribution in [0.3, 0.4) is 0 Å². The molecule has 0 aliphatic carbocycles. The first-order valence-electron chi connectivity index (χ1n) is 8.12. The van der Waals surface area contributed by atoms with Crippen molar-refractivity contribution in [1.29, 1.82) is 0 Å². The molecular formula is C19H21NO6S. The molecule has 0 unspecified atom stereocenters. The van der Waals surface area contributed by atoms with Gasteiger partial charge >= 0.3 is 0 Å². The molecule has 2 aromatic carbocycles. The summed E-state index contributed by atoms with van der Waals surface area (Å²) in [5.74, 6) is -0.139. The molecule has 1 amide bonds. The molecule has 0 aromatic heterocycles. The molecule has 27 heavy (non-hydrogen) atoms. The van der Waals surface area contributed by atoms with E-state index >= 15 is 0 Å². The van der Waals surface area contributed by atoms with E-state index in [1.54, 1.807) is 24.3 Å². The van der Waals surface area contributed by atoms with E-state index < -0.39 is 15.7 Å². The SMILES string of the molecule is COc1ccc(S(=O)(=O)CCC(=O)Nc2ccc(C(C)=O)cc2)cc1OC. The van der Waals surface area contributed by atoms with Crippen molar-refractivity contribution in [2.75, 3.05) is 25.3 Å². The number of ether oxygens (including phenoxy) is 2. The minimum Gasteiger partial charge on any atom is -0.493 e. The van der Waals surface area contributed by atoms with E-state index in [-0.39, 0.29) is 22.9 Å². The highest BCUT2D eigenvalue weighted by Crippen LogP contribution is 2.29. The highest BCUT2D eigenvalue weighted by atomic mass is 32.2. The average Bonchev–Trinajstić information content (AvgIpc) is 2.66. The lowest BCUT2D eigenvalue weighted by atomic mass is 10.1. The standard InChI is InChI=1S/C19H21NO6S/c1-13(21)14-4-6-15(7-5-14)20-19(22)10-11-27(23,24)16-8-9-17(25-2)18(12-16)26-3/h4-9,12H,10-11H2,1-3H3,(H,20,22). The van der Waals surface area contributed by atoms with Gasteiger partial charge in [0.15, 0.2) is 27.1 Å². The summed E-state index contributed by atoms with van der Waals surface area (Å²) in [4.78, 5) is 23.3. The fraction of sp³-hybridized carbons (Fsp3) is 0.263. The molecule has 0 atom stereocenters. The third kappa shape index (κ3) is 5.30. The summed E-state index contributed by atoms with van der Waals surface area (Å²) in [5, 5.41) is 2.61. The summed E-state index contributed by atoms with van der Waals surface area (Å²) < 4.78 is 35.1. The Morgan fingerprint density at radius 2 is 1.59 bits per heavy atom. The molecule has 0 heterocycles. The van der Waals surface area contributed by atoms with E-state index in [1.807, 2.05) is 0 Å². The maximum Gasteiger partial charge on any atom is 0.225 e. The Morgan fingerprint density at radius 1 is 0.963 bits per heavy atom. The smallest absolute Gasteiger partial charge is 0.225 e. The van der Waals surface area contributed by atoms with Crippen LogP contribution in [0.2, 0.25) is 0 Å². The molecule has 8 heteroatoms. The van der Waals surface area contributed by atoms with Crippen LogP contribution >= 0.6 is 0 Å². The largest absolute Gasteiger partial charge is 0.493 e. The fourth-order valence-corrected chi connectivity index (χ4v) is 3.62. The van der Waals surface area contributed by atoms with Crippen molar-refractivity contribution < 1.29 is 27.5 Å². The number of carbonyl (C=O) groups is 2. The second kappa shape index (κ2) is 8.68. The van der Waals surface area contributed by atoms with Gasteiger partial charge in [0.25, 0.3) is 0 Å². The van der Waals surface area contributed by atoms with Crippen LogP contribution in [-0.4, -0.2) is 40.1 Å². The molecular weight excluding hydrogens is 370 g/mol. The lowest BCUT2D eigenvalue weighted by Gasteiger charge is -2.10. The third-order valence-corrected chi connectivity index (χ3v) is 5.60. The number of nitrogens with one attached hydrogen (secondary N) is 1. The van der Waals surface area contributed by atoms with Crippen LogP contribution in [0.4, 0.5) is 5.69 Å². The monoisotopic (exact) mass is 391 g/mol. The zero-order valence-electron chi connectivity index (χ0n) is 15.3. The summed E-state index contributed by atoms with van der Waals surface area (Å²) in [6.07, 6.45) is -0.203. The highest BCUT2D eigenvalue weighted by Gasteiger charge is 2.19. The molecule has 0 aliphatic heterocycles. The van der Waals surface area contributed by atoms with Crippen LogP contribution in [0.1, 0.15) is 23.7 Å². The first-order valence-corrected chi connectivity index (χ1v) is 9.77. The van der Waals surface area contributed by atoms with Gasteiger partial charge in [-0.1, -0.05) is 0 Å². The Morgan fingerprint density at radius 3 is 2.15 bits per heavy atom. The van der Waals surface area contributed by atoms with Crippen molar-refractivity contribution in [3.05, 3.63) is 48.0 Å². The van der Waals surface area contributed by atoms with Crippen LogP contribution < -0.4 is 14.8 Å². The van der Waals surface area contributed by atoms with Crippen molar-refractivity contribution in [1.82, 2.24) is 0 Å². The summed E-state index contributed by atoms with van der Waals surface area (Å²) in [7, 11) is -0.791. The van der Waals surface area contributed by atoms with Crippen molar-refractivity contribution in [2.24, 2.45) is 0 Å². The van der Waals surface area contributed by atoms with E-state index in [1.165, 1.54) is 39.3 Å². The molecule has 0 radical (unpaired) electrons. The van der Waals surface area contributed by atoms with Gasteiger partial charge in [0.1, 0.15) is 0 Å². The van der Waals surface area contributed by atoms with Gasteiger partial charge in [0.2, 0.25) is 5.91 Å². The van der Waals surface area contributed by atoms with Crippen LogP contribution in [0.15, 0.2) is 47.4 Å². The average molecular weight is 391 g/mol. The zero-order valence-corrected chi connectivity index (χ0v) is 16.1. The number of ketones is 1. The molecule has 144 valence electrons. The Hall–Kier alpha value is -2.87. The first-order chi connectivity index (χ1) is 12.8. The predicted octanol–water partition coefficient (Wildman–Crippen LogP) is 2.71. The van der Waals surface area contributed by atoms with Crippen molar-refractivity contribution >= 4 is 27.2 Å². The van der Waals surface area contributed by atoms with Crippen molar-refractivity contribution in [2.45, 2.75) is 18.2 Å². The second-order valence-electron chi connectivity index (χ2n) is 5.77. The maximum absolute atomic E-state index is 12.5. The van der Waals surface area contributed by atoms with Gasteiger partial charge in [-0.15, -0.1) is 0 Å². The molecule has 7 nitrogen and oxygen atoms in total. The number of rotatable bonds is 8. The summed E-state index contributed by atoms with van der Waals surface area (Å²) in [6.45, 7) is 1.45. The van der Waals surface area contributed by atoms with Crippen molar-refractivity contribution in [3.63, 3.8) is 0 Å². The Labute approximate surface area is 158 Å². The fourth-order valence-electron chi connectivity index (χ4n) is 2.37. The number of Topliss-reactive ketones (excluding diaryl/α,β-unsaturated/α-hetero) is 1. The van der Waals surface area contributed by atoms with E-state index in [0.717, 1.165) is 0 Å². The maximum atomic E-state index is 12.5. The minimum absolute atomic E-state index is 0.0544. The van der Waals surface area contributed by atoms with Crippen molar-refractivity contribution in [3.8, 4) is 11.5 Å². The third-order valence-electron chi connectivity index (χ3n) is 3.89. The lowest BCUT2D eigenvalue weighted by Crippen LogP contribution is -2.17. The van der Waals surface area contributed by atoms with Crippen LogP contribution in [0, 0.1) is 0 Å². The zero-order chi connectivity index (χ0) is 20.0. The lowest BCUT2D eigenvalue weighted by molar-refractivity contribution is -0.115. The summed E-state index contributed by atoms with van der Waals surface area (Å²) >= 11 is 0. The van der Waals surface area contributed by atoms with Crippen LogP contribution in [-0.2, 0) is 14.6 Å². The molecule has 2 aromatic rings. The molecule has 0 saturated heterocycles. The Balaban J connectivity index is 2.02. The Kier molecular flexibility index (Phi) is 6.57. The molecule has 2 rings (SSSR count). The van der Waals surface area contributed by atoms with Crippen LogP contribution in [0.25, 0.3) is 0 Å². The van der Waals surface area contributed by atoms with E-state index in [2.05, 4.69) is 5.32 Å². The van der Waals surface area contributed by atoms with E-state index in [4.69, 9.17) is 9.47 Å². The second-order valence-corrected chi connectivity index (χ2v) is 7.88. The molecule has 0 bridgehead atoms. The summed E-state index contributed by atoms with van der Waals surface area (Å²) in [5.41, 5.74) is 1.03. The number of anilines is 1. The number of hydrogen-bond acceptors (Lipinski definition) is 6. The van der Waals surface area contributed by atoms with Gasteiger partial charge in [-0.3, -0.25) is 9.59 Å². The van der Waals surface area contributed by atoms with Gasteiger partial charge in [0.05, 0.1) is 24.9 Å². The minimum atomic E-state index is -3.66. The molecule has 0 saturated carbocycles. The topological polar surface area (TPSA) is 98.8 Å². The van der Waals surface area contributed by atoms with E-state index in [0.29, 0.717) is 22.7 Å². The van der Waals surface area contributed by atoms with Crippen LogP contribution in [0.5, 0.6) is 11.5 Å². The molecule has 0 aliphatic rings. The molecule has 1 N–H and O–H groups in total. The number of sulfone groups is 1. The predicted molar refractivity (Wildman–Crippen MR) is 101 cm³/mol. The number of carbonyl (C=O) groups excluding carboxylic acids is 2. The number of methoxy groups -OCH3 is 2. The van der Waals surface area contributed by atoms with Gasteiger partial charge in [0, 0.05) is 23.7 Å². The van der Waals surface area contributed by atoms with E-state index in [9.17, 15) is 18.0 Å². The number of hydrogen-bond donors (Lipinski definition) is 1. The number of benzene rings is 2. The molecule has 0 fully saturated rings. The number of amides is 1. The first kappa shape index (κ1) is 20.4.